The van der Waals surface area contributed by atoms with Crippen molar-refractivity contribution in [3.05, 3.63) is 45.6 Å². The minimum absolute atomic E-state index is 0.0689. The van der Waals surface area contributed by atoms with Gasteiger partial charge in [-0.1, -0.05) is 6.92 Å². The molecule has 19 heavy (non-hydrogen) atoms. The van der Waals surface area contributed by atoms with Crippen molar-refractivity contribution in [2.24, 2.45) is 0 Å². The Labute approximate surface area is 115 Å². The van der Waals surface area contributed by atoms with Gasteiger partial charge in [0.1, 0.15) is 11.5 Å². The molecule has 1 aromatic heterocycles. The second-order valence-corrected chi connectivity index (χ2v) is 5.11. The standard InChI is InChI=1S/C14H15NO3S/c1-2-9-5-6-19-13(9)8-15-14(18)11-4-3-10(16)7-12(11)17/h3-7,16-17H,2,8H2,1H3,(H,15,18). The molecule has 4 nitrogen and oxygen atoms in total. The Bertz CT molecular complexity index is 592. The van der Waals surface area contributed by atoms with E-state index < -0.39 is 0 Å². The number of carbonyl (C=O) groups is 1. The molecule has 2 aromatic rings. The summed E-state index contributed by atoms with van der Waals surface area (Å²) in [6.07, 6.45) is 0.930. The zero-order valence-electron chi connectivity index (χ0n) is 10.5. The Balaban J connectivity index is 2.05. The van der Waals surface area contributed by atoms with E-state index in [2.05, 4.69) is 12.2 Å². The lowest BCUT2D eigenvalue weighted by Crippen LogP contribution is -2.22. The number of thiophene rings is 1. The van der Waals surface area contributed by atoms with E-state index in [1.807, 2.05) is 11.4 Å². The molecule has 0 aliphatic heterocycles. The number of nitrogens with one attached hydrogen (secondary N) is 1. The lowest BCUT2D eigenvalue weighted by molar-refractivity contribution is 0.0948. The van der Waals surface area contributed by atoms with Crippen molar-refractivity contribution >= 4 is 17.2 Å². The maximum Gasteiger partial charge on any atom is 0.255 e. The molecule has 3 N–H and O–H groups in total. The quantitative estimate of drug-likeness (QED) is 0.804. The minimum atomic E-state index is -0.354. The smallest absolute Gasteiger partial charge is 0.255 e. The van der Waals surface area contributed by atoms with Crippen molar-refractivity contribution in [1.29, 1.82) is 0 Å². The lowest BCUT2D eigenvalue weighted by Gasteiger charge is -2.07. The SMILES string of the molecule is CCc1ccsc1CNC(=O)c1ccc(O)cc1O. The van der Waals surface area contributed by atoms with Crippen molar-refractivity contribution in [2.75, 3.05) is 0 Å². The Hall–Kier alpha value is -2.01. The first-order valence-corrected chi connectivity index (χ1v) is 6.85. The molecule has 5 heteroatoms. The van der Waals surface area contributed by atoms with Crippen molar-refractivity contribution in [2.45, 2.75) is 19.9 Å². The summed E-state index contributed by atoms with van der Waals surface area (Å²) in [7, 11) is 0. The van der Waals surface area contributed by atoms with Crippen LogP contribution in [0, 0.1) is 0 Å². The molecule has 1 heterocycles. The fraction of sp³-hybridized carbons (Fsp3) is 0.214. The Morgan fingerprint density at radius 1 is 1.32 bits per heavy atom. The van der Waals surface area contributed by atoms with Crippen molar-refractivity contribution in [1.82, 2.24) is 5.32 Å². The molecular formula is C14H15NO3S. The summed E-state index contributed by atoms with van der Waals surface area (Å²) in [5.41, 5.74) is 1.38. The van der Waals surface area contributed by atoms with E-state index in [1.165, 1.54) is 17.7 Å². The maximum atomic E-state index is 11.9. The Kier molecular flexibility index (Phi) is 4.06. The third-order valence-corrected chi connectivity index (χ3v) is 3.82. The number of hydrogen-bond acceptors (Lipinski definition) is 4. The molecule has 1 aromatic carbocycles. The van der Waals surface area contributed by atoms with Crippen LogP contribution in [0.25, 0.3) is 0 Å². The van der Waals surface area contributed by atoms with E-state index in [-0.39, 0.29) is 23.0 Å². The minimum Gasteiger partial charge on any atom is -0.508 e. The average Bonchev–Trinajstić information content (AvgIpc) is 2.83. The fourth-order valence-corrected chi connectivity index (χ4v) is 2.72. The molecule has 0 fully saturated rings. The van der Waals surface area contributed by atoms with Gasteiger partial charge in [0.2, 0.25) is 0 Å². The fourth-order valence-electron chi connectivity index (χ4n) is 1.80. The molecular weight excluding hydrogens is 262 g/mol. The Morgan fingerprint density at radius 2 is 2.11 bits per heavy atom. The van der Waals surface area contributed by atoms with Gasteiger partial charge in [-0.15, -0.1) is 11.3 Å². The molecule has 0 saturated heterocycles. The van der Waals surface area contributed by atoms with Crippen molar-refractivity contribution < 1.29 is 15.0 Å². The van der Waals surface area contributed by atoms with Gasteiger partial charge in [-0.05, 0) is 35.6 Å². The summed E-state index contributed by atoms with van der Waals surface area (Å²) in [6.45, 7) is 2.51. The molecule has 0 bridgehead atoms. The number of phenolic OH excluding ortho intramolecular Hbond substituents is 2. The van der Waals surface area contributed by atoms with E-state index in [4.69, 9.17) is 0 Å². The van der Waals surface area contributed by atoms with Gasteiger partial charge in [0.15, 0.2) is 0 Å². The molecule has 0 spiro atoms. The molecule has 0 saturated carbocycles. The second-order valence-electron chi connectivity index (χ2n) is 4.11. The van der Waals surface area contributed by atoms with Crippen LogP contribution in [-0.4, -0.2) is 16.1 Å². The molecule has 1 amide bonds. The van der Waals surface area contributed by atoms with Gasteiger partial charge in [0, 0.05) is 10.9 Å². The maximum absolute atomic E-state index is 11.9. The predicted molar refractivity (Wildman–Crippen MR) is 74.6 cm³/mol. The summed E-state index contributed by atoms with van der Waals surface area (Å²) < 4.78 is 0. The van der Waals surface area contributed by atoms with Crippen molar-refractivity contribution in [3.63, 3.8) is 0 Å². The van der Waals surface area contributed by atoms with E-state index in [0.29, 0.717) is 6.54 Å². The summed E-state index contributed by atoms with van der Waals surface area (Å²) in [5.74, 6) is -0.645. The van der Waals surface area contributed by atoms with E-state index in [9.17, 15) is 15.0 Å². The topological polar surface area (TPSA) is 69.6 Å². The summed E-state index contributed by atoms with van der Waals surface area (Å²) in [4.78, 5) is 13.0. The highest BCUT2D eigenvalue weighted by atomic mass is 32.1. The predicted octanol–water partition coefficient (Wildman–Crippen LogP) is 2.65. The first-order valence-electron chi connectivity index (χ1n) is 5.97. The first kappa shape index (κ1) is 13.4. The Morgan fingerprint density at radius 3 is 2.79 bits per heavy atom. The van der Waals surface area contributed by atoms with Gasteiger partial charge >= 0.3 is 0 Å². The summed E-state index contributed by atoms with van der Waals surface area (Å²) in [6, 6.07) is 5.97. The molecule has 0 unspecified atom stereocenters. The zero-order chi connectivity index (χ0) is 13.8. The van der Waals surface area contributed by atoms with Crippen LogP contribution in [0.5, 0.6) is 11.5 Å². The number of amides is 1. The normalized spacial score (nSPS) is 10.4. The third-order valence-electron chi connectivity index (χ3n) is 2.85. The van der Waals surface area contributed by atoms with Crippen LogP contribution >= 0.6 is 11.3 Å². The number of hydrogen-bond donors (Lipinski definition) is 3. The lowest BCUT2D eigenvalue weighted by atomic mass is 10.1. The van der Waals surface area contributed by atoms with E-state index in [0.717, 1.165) is 17.4 Å². The molecule has 0 atom stereocenters. The number of carbonyl (C=O) groups excluding carboxylic acids is 1. The van der Waals surface area contributed by atoms with Crippen LogP contribution < -0.4 is 5.32 Å². The van der Waals surface area contributed by atoms with Gasteiger partial charge in [0.05, 0.1) is 12.1 Å². The average molecular weight is 277 g/mol. The second kappa shape index (κ2) is 5.75. The highest BCUT2D eigenvalue weighted by Gasteiger charge is 2.12. The number of rotatable bonds is 4. The number of aryl methyl sites for hydroxylation is 1. The van der Waals surface area contributed by atoms with Gasteiger partial charge in [-0.25, -0.2) is 0 Å². The molecule has 0 aliphatic carbocycles. The van der Waals surface area contributed by atoms with Crippen LogP contribution in [0.4, 0.5) is 0 Å². The zero-order valence-corrected chi connectivity index (χ0v) is 11.3. The molecule has 2 rings (SSSR count). The highest BCUT2D eigenvalue weighted by Crippen LogP contribution is 2.23. The third kappa shape index (κ3) is 3.06. The summed E-state index contributed by atoms with van der Waals surface area (Å²) >= 11 is 1.60. The number of phenols is 2. The van der Waals surface area contributed by atoms with Gasteiger partial charge in [-0.3, -0.25) is 4.79 Å². The van der Waals surface area contributed by atoms with Gasteiger partial charge < -0.3 is 15.5 Å². The van der Waals surface area contributed by atoms with E-state index in [1.54, 1.807) is 11.3 Å². The molecule has 0 aliphatic rings. The van der Waals surface area contributed by atoms with Crippen LogP contribution in [0.3, 0.4) is 0 Å². The summed E-state index contributed by atoms with van der Waals surface area (Å²) in [5, 5.41) is 23.5. The van der Waals surface area contributed by atoms with Gasteiger partial charge in [-0.2, -0.15) is 0 Å². The number of benzene rings is 1. The van der Waals surface area contributed by atoms with E-state index >= 15 is 0 Å². The largest absolute Gasteiger partial charge is 0.508 e. The van der Waals surface area contributed by atoms with Crippen LogP contribution in [-0.2, 0) is 13.0 Å². The van der Waals surface area contributed by atoms with Crippen LogP contribution in [0.15, 0.2) is 29.6 Å². The van der Waals surface area contributed by atoms with Crippen LogP contribution in [0.1, 0.15) is 27.7 Å². The first-order chi connectivity index (χ1) is 9.11. The molecule has 100 valence electrons. The highest BCUT2D eigenvalue weighted by molar-refractivity contribution is 7.10. The van der Waals surface area contributed by atoms with Crippen molar-refractivity contribution in [3.8, 4) is 11.5 Å². The van der Waals surface area contributed by atoms with Gasteiger partial charge in [0.25, 0.3) is 5.91 Å². The monoisotopic (exact) mass is 277 g/mol. The van der Waals surface area contributed by atoms with Crippen LogP contribution in [0.2, 0.25) is 0 Å². The molecule has 0 radical (unpaired) electrons. The number of aromatic hydroxyl groups is 2.